The molecular formula is C11H5BrClF3N4. The smallest absolute Gasteiger partial charge is 0.235 e. The number of hydrogen-bond acceptors (Lipinski definition) is 3. The first-order valence-corrected chi connectivity index (χ1v) is 6.31. The first-order valence-electron chi connectivity index (χ1n) is 5.14. The highest BCUT2D eigenvalue weighted by Gasteiger charge is 2.32. The fourth-order valence-corrected chi connectivity index (χ4v) is 2.38. The third-order valence-electron chi connectivity index (χ3n) is 2.47. The third kappa shape index (κ3) is 2.51. The van der Waals surface area contributed by atoms with Gasteiger partial charge in [0.05, 0.1) is 16.3 Å². The van der Waals surface area contributed by atoms with Crippen LogP contribution in [0.1, 0.15) is 16.8 Å². The second-order valence-electron chi connectivity index (χ2n) is 3.80. The Morgan fingerprint density at radius 2 is 2.10 bits per heavy atom. The van der Waals surface area contributed by atoms with Crippen LogP contribution >= 0.6 is 27.5 Å². The molecule has 0 aliphatic heterocycles. The van der Waals surface area contributed by atoms with Crippen molar-refractivity contribution in [3.8, 4) is 11.9 Å². The highest BCUT2D eigenvalue weighted by molar-refractivity contribution is 9.10. The molecule has 2 rings (SSSR count). The maximum atomic E-state index is 12.5. The summed E-state index contributed by atoms with van der Waals surface area (Å²) in [5, 5.41) is 12.8. The molecule has 104 valence electrons. The van der Waals surface area contributed by atoms with E-state index in [9.17, 15) is 13.2 Å². The molecule has 0 spiro atoms. The third-order valence-corrected chi connectivity index (χ3v) is 3.48. The van der Waals surface area contributed by atoms with Crippen LogP contribution in [0.4, 0.5) is 13.2 Å². The molecule has 0 N–H and O–H groups in total. The molecule has 0 fully saturated rings. The van der Waals surface area contributed by atoms with Crippen LogP contribution in [-0.4, -0.2) is 14.8 Å². The molecule has 2 aromatic rings. The standard InChI is InChI=1S/C11H5BrClF3N4/c1-5-7(3-17)9(12)20(19-5)10-8(13)2-6(4-18-10)11(14,15)16/h2,4H,1H3. The quantitative estimate of drug-likeness (QED) is 0.770. The molecule has 0 saturated carbocycles. The van der Waals surface area contributed by atoms with Gasteiger partial charge in [0.15, 0.2) is 5.82 Å². The molecule has 0 radical (unpaired) electrons. The Balaban J connectivity index is 2.58. The minimum Gasteiger partial charge on any atom is -0.235 e. The molecule has 0 aliphatic carbocycles. The Labute approximate surface area is 124 Å². The van der Waals surface area contributed by atoms with Crippen molar-refractivity contribution in [1.29, 1.82) is 5.26 Å². The monoisotopic (exact) mass is 364 g/mol. The topological polar surface area (TPSA) is 54.5 Å². The summed E-state index contributed by atoms with van der Waals surface area (Å²) >= 11 is 8.97. The molecule has 0 bridgehead atoms. The lowest BCUT2D eigenvalue weighted by atomic mass is 10.3. The number of aromatic nitrogens is 3. The SMILES string of the molecule is Cc1nn(-c2ncc(C(F)(F)F)cc2Cl)c(Br)c1C#N. The van der Waals surface area contributed by atoms with E-state index in [1.807, 2.05) is 6.07 Å². The van der Waals surface area contributed by atoms with Crippen LogP contribution in [0.5, 0.6) is 0 Å². The number of nitriles is 1. The predicted octanol–water partition coefficient (Wildman–Crippen LogP) is 3.88. The highest BCUT2D eigenvalue weighted by Crippen LogP contribution is 2.33. The van der Waals surface area contributed by atoms with E-state index in [4.69, 9.17) is 16.9 Å². The number of hydrogen-bond donors (Lipinski definition) is 0. The molecule has 0 saturated heterocycles. The molecule has 0 atom stereocenters. The Kier molecular flexibility index (Phi) is 3.75. The van der Waals surface area contributed by atoms with Crippen LogP contribution in [0.15, 0.2) is 16.9 Å². The van der Waals surface area contributed by atoms with Gasteiger partial charge >= 0.3 is 6.18 Å². The van der Waals surface area contributed by atoms with Gasteiger partial charge in [-0.3, -0.25) is 0 Å². The van der Waals surface area contributed by atoms with E-state index in [1.165, 1.54) is 4.68 Å². The van der Waals surface area contributed by atoms with Crippen molar-refractivity contribution in [3.05, 3.63) is 38.7 Å². The summed E-state index contributed by atoms with van der Waals surface area (Å²) in [6, 6.07) is 2.69. The van der Waals surface area contributed by atoms with Crippen LogP contribution in [0.3, 0.4) is 0 Å². The zero-order chi connectivity index (χ0) is 15.1. The van der Waals surface area contributed by atoms with Crippen LogP contribution in [0.2, 0.25) is 5.02 Å². The summed E-state index contributed by atoms with van der Waals surface area (Å²) < 4.78 is 39.1. The van der Waals surface area contributed by atoms with E-state index >= 15 is 0 Å². The summed E-state index contributed by atoms with van der Waals surface area (Å²) in [6.45, 7) is 1.60. The number of alkyl halides is 3. The van der Waals surface area contributed by atoms with E-state index in [1.54, 1.807) is 6.92 Å². The zero-order valence-electron chi connectivity index (χ0n) is 9.83. The lowest BCUT2D eigenvalue weighted by molar-refractivity contribution is -0.137. The largest absolute Gasteiger partial charge is 0.417 e. The number of nitrogens with zero attached hydrogens (tertiary/aromatic N) is 4. The molecule has 0 aromatic carbocycles. The first kappa shape index (κ1) is 14.8. The lowest BCUT2D eigenvalue weighted by Gasteiger charge is -2.09. The van der Waals surface area contributed by atoms with E-state index in [0.717, 1.165) is 6.07 Å². The summed E-state index contributed by atoms with van der Waals surface area (Å²) in [5.41, 5.74) is -0.272. The Morgan fingerprint density at radius 1 is 1.45 bits per heavy atom. The minimum atomic E-state index is -4.52. The van der Waals surface area contributed by atoms with Gasteiger partial charge in [0, 0.05) is 6.20 Å². The van der Waals surface area contributed by atoms with Crippen molar-refractivity contribution < 1.29 is 13.2 Å². The molecular weight excluding hydrogens is 360 g/mol. The van der Waals surface area contributed by atoms with Crippen molar-refractivity contribution in [1.82, 2.24) is 14.8 Å². The Morgan fingerprint density at radius 3 is 2.55 bits per heavy atom. The molecule has 2 heterocycles. The summed E-state index contributed by atoms with van der Waals surface area (Å²) in [4.78, 5) is 3.67. The fourth-order valence-electron chi connectivity index (χ4n) is 1.51. The van der Waals surface area contributed by atoms with Crippen molar-refractivity contribution in [2.75, 3.05) is 0 Å². The normalized spacial score (nSPS) is 11.4. The van der Waals surface area contributed by atoms with Gasteiger partial charge in [-0.05, 0) is 28.9 Å². The summed E-state index contributed by atoms with van der Waals surface area (Å²) in [5.74, 6) is 0.0103. The average Bonchev–Trinajstić information content (AvgIpc) is 2.63. The fraction of sp³-hybridized carbons (Fsp3) is 0.182. The molecule has 0 unspecified atom stereocenters. The van der Waals surface area contributed by atoms with Crippen molar-refractivity contribution in [3.63, 3.8) is 0 Å². The second kappa shape index (κ2) is 5.07. The van der Waals surface area contributed by atoms with E-state index in [0.29, 0.717) is 11.9 Å². The van der Waals surface area contributed by atoms with Crippen LogP contribution in [-0.2, 0) is 6.18 Å². The van der Waals surface area contributed by atoms with Crippen molar-refractivity contribution in [2.45, 2.75) is 13.1 Å². The molecule has 0 amide bonds. The van der Waals surface area contributed by atoms with Gasteiger partial charge in [-0.25, -0.2) is 9.67 Å². The number of aryl methyl sites for hydroxylation is 1. The zero-order valence-corrected chi connectivity index (χ0v) is 12.2. The lowest BCUT2D eigenvalue weighted by Crippen LogP contribution is -2.08. The number of pyridine rings is 1. The number of rotatable bonds is 1. The maximum Gasteiger partial charge on any atom is 0.417 e. The average molecular weight is 366 g/mol. The van der Waals surface area contributed by atoms with Crippen molar-refractivity contribution in [2.24, 2.45) is 0 Å². The Bertz CT molecular complexity index is 718. The van der Waals surface area contributed by atoms with Crippen LogP contribution in [0, 0.1) is 18.3 Å². The summed E-state index contributed by atoms with van der Waals surface area (Å²) in [6.07, 6.45) is -3.86. The van der Waals surface area contributed by atoms with Gasteiger partial charge in [-0.2, -0.15) is 23.5 Å². The van der Waals surface area contributed by atoms with E-state index < -0.39 is 11.7 Å². The minimum absolute atomic E-state index is 0.0103. The highest BCUT2D eigenvalue weighted by atomic mass is 79.9. The molecule has 9 heteroatoms. The summed E-state index contributed by atoms with van der Waals surface area (Å²) in [7, 11) is 0. The van der Waals surface area contributed by atoms with E-state index in [-0.39, 0.29) is 21.0 Å². The first-order chi connectivity index (χ1) is 9.25. The van der Waals surface area contributed by atoms with Gasteiger partial charge in [0.1, 0.15) is 16.2 Å². The van der Waals surface area contributed by atoms with Gasteiger partial charge in [-0.1, -0.05) is 11.6 Å². The Hall–Kier alpha value is -1.59. The van der Waals surface area contributed by atoms with Gasteiger partial charge in [0.25, 0.3) is 0 Å². The van der Waals surface area contributed by atoms with Gasteiger partial charge in [-0.15, -0.1) is 0 Å². The van der Waals surface area contributed by atoms with Gasteiger partial charge in [0.2, 0.25) is 0 Å². The molecule has 4 nitrogen and oxygen atoms in total. The number of halogens is 5. The molecule has 2 aromatic heterocycles. The second-order valence-corrected chi connectivity index (χ2v) is 4.96. The predicted molar refractivity (Wildman–Crippen MR) is 68.5 cm³/mol. The molecule has 0 aliphatic rings. The van der Waals surface area contributed by atoms with Crippen LogP contribution < -0.4 is 0 Å². The maximum absolute atomic E-state index is 12.5. The van der Waals surface area contributed by atoms with Crippen molar-refractivity contribution >= 4 is 27.5 Å². The van der Waals surface area contributed by atoms with Crippen LogP contribution in [0.25, 0.3) is 5.82 Å². The van der Waals surface area contributed by atoms with Gasteiger partial charge < -0.3 is 0 Å². The van der Waals surface area contributed by atoms with E-state index in [2.05, 4.69) is 26.0 Å². The molecule has 20 heavy (non-hydrogen) atoms.